The lowest BCUT2D eigenvalue weighted by molar-refractivity contribution is 0.0962. The molecule has 76 valence electrons. The van der Waals surface area contributed by atoms with Crippen LogP contribution in [-0.4, -0.2) is 23.2 Å². The summed E-state index contributed by atoms with van der Waals surface area (Å²) in [6.07, 6.45) is 0. The molecular weight excluding hydrogens is 206 g/mol. The van der Waals surface area contributed by atoms with E-state index in [9.17, 15) is 15.0 Å². The minimum atomic E-state index is -0.406. The van der Waals surface area contributed by atoms with Gasteiger partial charge in [-0.1, -0.05) is 11.6 Å². The number of aromatic hydroxyl groups is 2. The minimum Gasteiger partial charge on any atom is -0.504 e. The maximum Gasteiger partial charge on any atom is 0.251 e. The first-order valence-electron chi connectivity index (χ1n) is 3.92. The van der Waals surface area contributed by atoms with Gasteiger partial charge in [-0.2, -0.15) is 0 Å². The molecule has 0 radical (unpaired) electrons. The summed E-state index contributed by atoms with van der Waals surface area (Å²) in [5.41, 5.74) is 0.541. The van der Waals surface area contributed by atoms with Crippen molar-refractivity contribution in [3.05, 3.63) is 22.2 Å². The number of rotatable bonds is 1. The zero-order valence-corrected chi connectivity index (χ0v) is 8.51. The molecule has 0 aliphatic heterocycles. The number of hydrogen-bond donors (Lipinski definition) is 3. The molecule has 0 aliphatic rings. The quantitative estimate of drug-likeness (QED) is 0.621. The monoisotopic (exact) mass is 215 g/mol. The van der Waals surface area contributed by atoms with Crippen LogP contribution in [0.3, 0.4) is 0 Å². The number of phenols is 2. The lowest BCUT2D eigenvalue weighted by atomic mass is 10.1. The Morgan fingerprint density at radius 1 is 1.43 bits per heavy atom. The van der Waals surface area contributed by atoms with Crippen LogP contribution in [-0.2, 0) is 0 Å². The van der Waals surface area contributed by atoms with E-state index in [4.69, 9.17) is 11.6 Å². The highest BCUT2D eigenvalue weighted by Gasteiger charge is 2.16. The van der Waals surface area contributed by atoms with Crippen LogP contribution in [0.2, 0.25) is 5.02 Å². The van der Waals surface area contributed by atoms with Crippen molar-refractivity contribution >= 4 is 17.5 Å². The number of nitrogens with one attached hydrogen (secondary N) is 1. The first-order valence-corrected chi connectivity index (χ1v) is 4.30. The third-order valence-corrected chi connectivity index (χ3v) is 2.24. The molecule has 0 fully saturated rings. The molecule has 0 saturated carbocycles. The van der Waals surface area contributed by atoms with Crippen LogP contribution < -0.4 is 5.32 Å². The Morgan fingerprint density at radius 2 is 2.00 bits per heavy atom. The molecule has 0 heterocycles. The van der Waals surface area contributed by atoms with Crippen molar-refractivity contribution in [3.8, 4) is 11.5 Å². The van der Waals surface area contributed by atoms with Gasteiger partial charge in [-0.05, 0) is 13.0 Å². The summed E-state index contributed by atoms with van der Waals surface area (Å²) >= 11 is 5.60. The second kappa shape index (κ2) is 3.75. The zero-order valence-electron chi connectivity index (χ0n) is 7.76. The summed E-state index contributed by atoms with van der Waals surface area (Å²) < 4.78 is 0. The number of carbonyl (C=O) groups is 1. The van der Waals surface area contributed by atoms with Gasteiger partial charge in [0.15, 0.2) is 11.5 Å². The minimum absolute atomic E-state index is 0.0494. The number of carbonyl (C=O) groups excluding carboxylic acids is 1. The highest BCUT2D eigenvalue weighted by molar-refractivity contribution is 6.32. The smallest absolute Gasteiger partial charge is 0.251 e. The number of halogens is 1. The Balaban J connectivity index is 3.40. The molecule has 1 rings (SSSR count). The van der Waals surface area contributed by atoms with Crippen LogP contribution >= 0.6 is 11.6 Å². The van der Waals surface area contributed by atoms with E-state index in [1.165, 1.54) is 20.0 Å². The predicted octanol–water partition coefficient (Wildman–Crippen LogP) is 1.42. The third kappa shape index (κ3) is 1.61. The summed E-state index contributed by atoms with van der Waals surface area (Å²) in [4.78, 5) is 11.3. The van der Waals surface area contributed by atoms with Crippen LogP contribution in [0.15, 0.2) is 6.07 Å². The maximum absolute atomic E-state index is 11.3. The Kier molecular flexibility index (Phi) is 2.86. The SMILES string of the molecule is CNC(=O)c1cc(Cl)c(O)c(O)c1C. The van der Waals surface area contributed by atoms with Crippen molar-refractivity contribution in [1.82, 2.24) is 5.32 Å². The van der Waals surface area contributed by atoms with Gasteiger partial charge in [-0.15, -0.1) is 0 Å². The molecule has 0 atom stereocenters. The van der Waals surface area contributed by atoms with E-state index >= 15 is 0 Å². The van der Waals surface area contributed by atoms with Gasteiger partial charge in [-0.25, -0.2) is 0 Å². The van der Waals surface area contributed by atoms with E-state index < -0.39 is 5.75 Å². The lowest BCUT2D eigenvalue weighted by Crippen LogP contribution is -2.18. The Hall–Kier alpha value is -1.42. The van der Waals surface area contributed by atoms with Gasteiger partial charge in [0.25, 0.3) is 5.91 Å². The average Bonchev–Trinajstić information content (AvgIpc) is 2.19. The van der Waals surface area contributed by atoms with E-state index in [-0.39, 0.29) is 22.2 Å². The van der Waals surface area contributed by atoms with Crippen LogP contribution in [0.5, 0.6) is 11.5 Å². The summed E-state index contributed by atoms with van der Waals surface area (Å²) in [5.74, 6) is -1.13. The van der Waals surface area contributed by atoms with Crippen LogP contribution in [0, 0.1) is 6.92 Å². The van der Waals surface area contributed by atoms with Crippen molar-refractivity contribution in [3.63, 3.8) is 0 Å². The van der Waals surface area contributed by atoms with E-state index in [1.807, 2.05) is 0 Å². The van der Waals surface area contributed by atoms with Gasteiger partial charge in [-0.3, -0.25) is 4.79 Å². The summed E-state index contributed by atoms with van der Waals surface area (Å²) in [5, 5.41) is 21.0. The molecule has 1 aromatic rings. The molecule has 1 amide bonds. The maximum atomic E-state index is 11.3. The molecule has 3 N–H and O–H groups in total. The predicted molar refractivity (Wildman–Crippen MR) is 52.9 cm³/mol. The second-order valence-corrected chi connectivity index (χ2v) is 3.21. The highest BCUT2D eigenvalue weighted by atomic mass is 35.5. The normalized spacial score (nSPS) is 9.93. The Bertz CT molecular complexity index is 390. The number of benzene rings is 1. The van der Waals surface area contributed by atoms with Crippen molar-refractivity contribution < 1.29 is 15.0 Å². The molecule has 0 bridgehead atoms. The molecule has 5 heteroatoms. The van der Waals surface area contributed by atoms with E-state index in [0.717, 1.165) is 0 Å². The van der Waals surface area contributed by atoms with Crippen LogP contribution in [0.4, 0.5) is 0 Å². The van der Waals surface area contributed by atoms with Gasteiger partial charge in [0, 0.05) is 18.2 Å². The molecule has 1 aromatic carbocycles. The van der Waals surface area contributed by atoms with Crippen molar-refractivity contribution in [2.24, 2.45) is 0 Å². The molecule has 14 heavy (non-hydrogen) atoms. The zero-order chi connectivity index (χ0) is 10.9. The van der Waals surface area contributed by atoms with Crippen molar-refractivity contribution in [2.75, 3.05) is 7.05 Å². The van der Waals surface area contributed by atoms with Crippen LogP contribution in [0.25, 0.3) is 0 Å². The topological polar surface area (TPSA) is 69.6 Å². The highest BCUT2D eigenvalue weighted by Crippen LogP contribution is 2.37. The first kappa shape index (κ1) is 10.7. The molecule has 0 aromatic heterocycles. The standard InChI is InChI=1S/C9H10ClNO3/c1-4-5(9(14)11-2)3-6(10)8(13)7(4)12/h3,12-13H,1-2H3,(H,11,14). The fraction of sp³-hybridized carbons (Fsp3) is 0.222. The van der Waals surface area contributed by atoms with Gasteiger partial charge in [0.05, 0.1) is 5.02 Å². The summed E-state index contributed by atoms with van der Waals surface area (Å²) in [6, 6.07) is 1.31. The van der Waals surface area contributed by atoms with E-state index in [2.05, 4.69) is 5.32 Å². The largest absolute Gasteiger partial charge is 0.504 e. The molecule has 0 saturated heterocycles. The summed E-state index contributed by atoms with van der Waals surface area (Å²) in [6.45, 7) is 1.52. The van der Waals surface area contributed by atoms with Crippen molar-refractivity contribution in [2.45, 2.75) is 6.92 Å². The number of phenolic OH excluding ortho intramolecular Hbond substituents is 2. The fourth-order valence-electron chi connectivity index (χ4n) is 1.09. The lowest BCUT2D eigenvalue weighted by Gasteiger charge is -2.09. The van der Waals surface area contributed by atoms with E-state index in [0.29, 0.717) is 5.56 Å². The molecule has 0 spiro atoms. The number of hydrogen-bond acceptors (Lipinski definition) is 3. The molecule has 0 aliphatic carbocycles. The Morgan fingerprint density at radius 3 is 2.50 bits per heavy atom. The average molecular weight is 216 g/mol. The molecule has 0 unspecified atom stereocenters. The van der Waals surface area contributed by atoms with Gasteiger partial charge in [0.2, 0.25) is 0 Å². The third-order valence-electron chi connectivity index (χ3n) is 1.95. The second-order valence-electron chi connectivity index (χ2n) is 2.81. The summed E-state index contributed by atoms with van der Waals surface area (Å²) in [7, 11) is 1.47. The number of amides is 1. The van der Waals surface area contributed by atoms with Gasteiger partial charge < -0.3 is 15.5 Å². The molecular formula is C9H10ClNO3. The van der Waals surface area contributed by atoms with E-state index in [1.54, 1.807) is 0 Å². The van der Waals surface area contributed by atoms with Crippen LogP contribution in [0.1, 0.15) is 15.9 Å². The fourth-order valence-corrected chi connectivity index (χ4v) is 1.29. The Labute approximate surface area is 86.1 Å². The van der Waals surface area contributed by atoms with Crippen molar-refractivity contribution in [1.29, 1.82) is 0 Å². The van der Waals surface area contributed by atoms with Gasteiger partial charge in [0.1, 0.15) is 0 Å². The van der Waals surface area contributed by atoms with Gasteiger partial charge >= 0.3 is 0 Å². The molecule has 4 nitrogen and oxygen atoms in total. The first-order chi connectivity index (χ1) is 6.49.